The highest BCUT2D eigenvalue weighted by molar-refractivity contribution is 5.85. The number of pyridine rings is 1. The maximum Gasteiger partial charge on any atom is 0.345 e. The van der Waals surface area contributed by atoms with Crippen LogP contribution in [0.5, 0.6) is 5.88 Å². The summed E-state index contributed by atoms with van der Waals surface area (Å²) in [5.41, 5.74) is 3.72. The first-order chi connectivity index (χ1) is 15.1. The third kappa shape index (κ3) is 3.90. The van der Waals surface area contributed by atoms with Crippen LogP contribution in [-0.2, 0) is 4.74 Å². The number of alkyl halides is 2. The van der Waals surface area contributed by atoms with E-state index in [0.717, 1.165) is 22.2 Å². The van der Waals surface area contributed by atoms with Crippen molar-refractivity contribution in [3.8, 4) is 17.0 Å². The van der Waals surface area contributed by atoms with Crippen molar-refractivity contribution in [1.82, 2.24) is 24.2 Å². The third-order valence-corrected chi connectivity index (χ3v) is 5.69. The summed E-state index contributed by atoms with van der Waals surface area (Å²) in [5, 5.41) is 12.1. The molecule has 31 heavy (non-hydrogen) atoms. The molecule has 0 atom stereocenters. The predicted octanol–water partition coefficient (Wildman–Crippen LogP) is 4.01. The van der Waals surface area contributed by atoms with Crippen LogP contribution in [0.25, 0.3) is 22.2 Å². The van der Waals surface area contributed by atoms with Crippen molar-refractivity contribution in [2.45, 2.75) is 44.4 Å². The molecule has 1 N–H and O–H groups in total. The Morgan fingerprint density at radius 3 is 2.68 bits per heavy atom. The average Bonchev–Trinajstić information content (AvgIpc) is 3.40. The molecule has 8 nitrogen and oxygen atoms in total. The van der Waals surface area contributed by atoms with Gasteiger partial charge in [-0.15, -0.1) is 5.10 Å². The first-order valence-corrected chi connectivity index (χ1v) is 10.2. The van der Waals surface area contributed by atoms with Gasteiger partial charge in [0.25, 0.3) is 0 Å². The molecule has 1 saturated carbocycles. The number of fused-ring (bicyclic) bond motifs is 2. The van der Waals surface area contributed by atoms with E-state index in [-0.39, 0.29) is 6.04 Å². The Hall–Kier alpha value is -3.27. The van der Waals surface area contributed by atoms with Crippen LogP contribution in [-0.4, -0.2) is 50.1 Å². The van der Waals surface area contributed by atoms with Crippen LogP contribution in [0.4, 0.5) is 14.7 Å². The van der Waals surface area contributed by atoms with Crippen molar-refractivity contribution >= 4 is 17.0 Å². The van der Waals surface area contributed by atoms with Crippen LogP contribution < -0.4 is 10.1 Å². The molecule has 4 aromatic rings. The fraction of sp³-hybridized carbons (Fsp3) is 0.381. The molecule has 0 unspecified atom stereocenters. The van der Waals surface area contributed by atoms with Gasteiger partial charge in [-0.3, -0.25) is 0 Å². The summed E-state index contributed by atoms with van der Waals surface area (Å²) < 4.78 is 38.6. The van der Waals surface area contributed by atoms with Gasteiger partial charge in [0.05, 0.1) is 18.7 Å². The fourth-order valence-corrected chi connectivity index (χ4v) is 4.19. The Morgan fingerprint density at radius 2 is 1.90 bits per heavy atom. The van der Waals surface area contributed by atoms with Gasteiger partial charge in [-0.1, -0.05) is 0 Å². The Kier molecular flexibility index (Phi) is 5.14. The lowest BCUT2D eigenvalue weighted by Crippen LogP contribution is -2.31. The van der Waals surface area contributed by atoms with Crippen LogP contribution in [0.15, 0.2) is 42.9 Å². The number of hydrogen-bond acceptors (Lipinski definition) is 6. The molecule has 0 spiro atoms. The third-order valence-electron chi connectivity index (χ3n) is 5.69. The van der Waals surface area contributed by atoms with Crippen molar-refractivity contribution in [2.24, 2.45) is 0 Å². The summed E-state index contributed by atoms with van der Waals surface area (Å²) in [5.74, 6) is 0.900. The van der Waals surface area contributed by atoms with Gasteiger partial charge in [0.15, 0.2) is 0 Å². The van der Waals surface area contributed by atoms with E-state index in [0.29, 0.717) is 37.5 Å². The number of halogens is 2. The highest BCUT2D eigenvalue weighted by Crippen LogP contribution is 2.32. The van der Waals surface area contributed by atoms with Gasteiger partial charge in [0.1, 0.15) is 5.52 Å². The van der Waals surface area contributed by atoms with Crippen molar-refractivity contribution < 1.29 is 18.3 Å². The molecule has 0 radical (unpaired) electrons. The Labute approximate surface area is 176 Å². The Morgan fingerprint density at radius 1 is 1.10 bits per heavy atom. The summed E-state index contributed by atoms with van der Waals surface area (Å²) in [6.45, 7) is -2.72. The molecular weight excluding hydrogens is 406 g/mol. The lowest BCUT2D eigenvalue weighted by Gasteiger charge is -2.28. The quantitative estimate of drug-likeness (QED) is 0.500. The molecule has 4 heterocycles. The van der Waals surface area contributed by atoms with Gasteiger partial charge in [0, 0.05) is 30.2 Å². The van der Waals surface area contributed by atoms with E-state index in [4.69, 9.17) is 4.74 Å². The molecule has 1 aliphatic rings. The molecule has 1 aliphatic carbocycles. The molecule has 0 amide bonds. The second-order valence-corrected chi connectivity index (χ2v) is 7.60. The molecule has 5 rings (SSSR count). The summed E-state index contributed by atoms with van der Waals surface area (Å²) in [7, 11) is 1.58. The Balaban J connectivity index is 1.39. The van der Waals surface area contributed by atoms with Gasteiger partial charge >= 0.3 is 6.61 Å². The van der Waals surface area contributed by atoms with Crippen LogP contribution in [0.3, 0.4) is 0 Å². The number of aromatic nitrogens is 5. The predicted molar refractivity (Wildman–Crippen MR) is 110 cm³/mol. The van der Waals surface area contributed by atoms with Crippen LogP contribution >= 0.6 is 0 Å². The van der Waals surface area contributed by atoms with Crippen LogP contribution in [0.2, 0.25) is 0 Å². The van der Waals surface area contributed by atoms with E-state index in [1.807, 2.05) is 36.7 Å². The molecule has 162 valence electrons. The SMILES string of the molecule is COc1nc(N[C@H]2CC[C@H](OC(F)F)CC2)nn2ccc(-c3ccn4nccc4c3)c12. The van der Waals surface area contributed by atoms with Gasteiger partial charge in [-0.25, -0.2) is 9.03 Å². The molecule has 0 aliphatic heterocycles. The van der Waals surface area contributed by atoms with E-state index in [1.54, 1.807) is 22.3 Å². The topological polar surface area (TPSA) is 78.0 Å². The van der Waals surface area contributed by atoms with E-state index in [2.05, 4.69) is 25.2 Å². The standard InChI is InChI=1S/C21H22F2N6O2/c1-30-19-18-17(13-7-10-28-15(12-13)6-9-24-28)8-11-29(18)27-21(26-19)25-14-2-4-16(5-3-14)31-20(22)23/h6-12,14,16,20H,2-5H2,1H3,(H,25,27)/t14-,16-. The molecule has 10 heteroatoms. The minimum absolute atomic E-state index is 0.0963. The second-order valence-electron chi connectivity index (χ2n) is 7.60. The monoisotopic (exact) mass is 428 g/mol. The summed E-state index contributed by atoms with van der Waals surface area (Å²) in [4.78, 5) is 4.56. The van der Waals surface area contributed by atoms with E-state index < -0.39 is 12.7 Å². The molecule has 4 aromatic heterocycles. The minimum atomic E-state index is -2.72. The highest BCUT2D eigenvalue weighted by Gasteiger charge is 2.25. The number of methoxy groups -OCH3 is 1. The Bertz CT molecular complexity index is 1200. The minimum Gasteiger partial charge on any atom is -0.479 e. The van der Waals surface area contributed by atoms with E-state index in [1.165, 1.54) is 0 Å². The van der Waals surface area contributed by atoms with Crippen LogP contribution in [0.1, 0.15) is 25.7 Å². The lowest BCUT2D eigenvalue weighted by atomic mass is 9.93. The first-order valence-electron chi connectivity index (χ1n) is 10.2. The van der Waals surface area contributed by atoms with Gasteiger partial charge in [-0.2, -0.15) is 18.9 Å². The van der Waals surface area contributed by atoms with E-state index >= 15 is 0 Å². The van der Waals surface area contributed by atoms with Crippen LogP contribution in [0, 0.1) is 0 Å². The summed E-state index contributed by atoms with van der Waals surface area (Å²) in [6, 6.07) is 8.05. The number of hydrogen-bond donors (Lipinski definition) is 1. The number of nitrogens with zero attached hydrogens (tertiary/aromatic N) is 5. The van der Waals surface area contributed by atoms with Gasteiger partial charge < -0.3 is 14.8 Å². The number of rotatable bonds is 6. The van der Waals surface area contributed by atoms with Gasteiger partial charge in [0.2, 0.25) is 11.8 Å². The zero-order chi connectivity index (χ0) is 21.4. The van der Waals surface area contributed by atoms with Crippen molar-refractivity contribution in [2.75, 3.05) is 12.4 Å². The second kappa shape index (κ2) is 8.10. The molecule has 0 bridgehead atoms. The molecule has 1 fully saturated rings. The zero-order valence-electron chi connectivity index (χ0n) is 16.9. The normalized spacial score (nSPS) is 19.4. The molecular formula is C21H22F2N6O2. The smallest absolute Gasteiger partial charge is 0.345 e. The number of anilines is 1. The summed E-state index contributed by atoms with van der Waals surface area (Å²) in [6.07, 6.45) is 7.71. The average molecular weight is 428 g/mol. The maximum absolute atomic E-state index is 12.4. The molecule has 0 aromatic carbocycles. The fourth-order valence-electron chi connectivity index (χ4n) is 4.19. The highest BCUT2D eigenvalue weighted by atomic mass is 19.3. The van der Waals surface area contributed by atoms with Gasteiger partial charge in [-0.05, 0) is 55.5 Å². The van der Waals surface area contributed by atoms with Crippen molar-refractivity contribution in [3.05, 3.63) is 42.9 Å². The summed E-state index contributed by atoms with van der Waals surface area (Å²) >= 11 is 0. The number of nitrogens with one attached hydrogen (secondary N) is 1. The zero-order valence-corrected chi connectivity index (χ0v) is 16.9. The largest absolute Gasteiger partial charge is 0.479 e. The maximum atomic E-state index is 12.4. The first kappa shape index (κ1) is 19.7. The van der Waals surface area contributed by atoms with E-state index in [9.17, 15) is 8.78 Å². The lowest BCUT2D eigenvalue weighted by molar-refractivity contribution is -0.169. The van der Waals surface area contributed by atoms with Crippen molar-refractivity contribution in [3.63, 3.8) is 0 Å². The number of ether oxygens (including phenoxy) is 2. The molecule has 0 saturated heterocycles. The van der Waals surface area contributed by atoms with Crippen molar-refractivity contribution in [1.29, 1.82) is 0 Å².